The quantitative estimate of drug-likeness (QED) is 0.737. The molecule has 0 aliphatic rings. The van der Waals surface area contributed by atoms with Gasteiger partial charge in [0.15, 0.2) is 6.61 Å². The summed E-state index contributed by atoms with van der Waals surface area (Å²) in [5.41, 5.74) is 0.877. The number of aryl methyl sites for hydroxylation is 2. The van der Waals surface area contributed by atoms with E-state index in [1.807, 2.05) is 6.92 Å². The lowest BCUT2D eigenvalue weighted by Crippen LogP contribution is -2.20. The fourth-order valence-corrected chi connectivity index (χ4v) is 2.65. The highest BCUT2D eigenvalue weighted by atomic mass is 32.1. The molecular weight excluding hydrogens is 318 g/mol. The summed E-state index contributed by atoms with van der Waals surface area (Å²) in [5, 5.41) is 12.2. The molecule has 0 radical (unpaired) electrons. The van der Waals surface area contributed by atoms with Crippen molar-refractivity contribution in [3.8, 4) is 5.75 Å². The normalized spacial score (nSPS) is 10.7. The number of ether oxygens (including phenoxy) is 1. The molecule has 0 fully saturated rings. The molecule has 1 aromatic carbocycles. The highest BCUT2D eigenvalue weighted by Gasteiger charge is 2.09. The van der Waals surface area contributed by atoms with E-state index in [1.54, 1.807) is 25.1 Å². The van der Waals surface area contributed by atoms with Crippen molar-refractivity contribution < 1.29 is 13.9 Å². The average Bonchev–Trinajstić information content (AvgIpc) is 2.90. The molecule has 0 aliphatic heterocycles. The predicted molar refractivity (Wildman–Crippen MR) is 86.0 cm³/mol. The van der Waals surface area contributed by atoms with Crippen molar-refractivity contribution in [3.63, 3.8) is 0 Å². The first-order valence-corrected chi connectivity index (χ1v) is 7.60. The van der Waals surface area contributed by atoms with E-state index in [1.165, 1.54) is 17.4 Å². The molecule has 0 aliphatic carbocycles. The molecule has 0 atom stereocenters. The number of nitrogens with one attached hydrogen (secondary N) is 1. The lowest BCUT2D eigenvalue weighted by atomic mass is 10.1. The van der Waals surface area contributed by atoms with Gasteiger partial charge in [-0.1, -0.05) is 11.3 Å². The Hall–Kier alpha value is -2.74. The number of benzene rings is 1. The lowest BCUT2D eigenvalue weighted by molar-refractivity contribution is -0.118. The van der Waals surface area contributed by atoms with Crippen molar-refractivity contribution in [2.24, 2.45) is 0 Å². The molecular formula is C15H13N3O4S. The molecule has 0 saturated carbocycles. The van der Waals surface area contributed by atoms with Gasteiger partial charge < -0.3 is 9.15 Å². The van der Waals surface area contributed by atoms with Crippen molar-refractivity contribution in [1.29, 1.82) is 0 Å². The summed E-state index contributed by atoms with van der Waals surface area (Å²) in [6.07, 6.45) is 0. The summed E-state index contributed by atoms with van der Waals surface area (Å²) in [5.74, 6) is 0.190. The molecule has 1 amide bonds. The first-order valence-electron chi connectivity index (χ1n) is 6.78. The number of fused-ring (bicyclic) bond motifs is 1. The van der Waals surface area contributed by atoms with E-state index < -0.39 is 5.63 Å². The maximum Gasteiger partial charge on any atom is 0.336 e. The van der Waals surface area contributed by atoms with Crippen LogP contribution in [-0.2, 0) is 4.79 Å². The Bertz CT molecular complexity index is 932. The number of hydrogen-bond donors (Lipinski definition) is 1. The lowest BCUT2D eigenvalue weighted by Gasteiger charge is -2.07. The standard InChI is InChI=1S/C15H13N3O4S/c1-8-5-14(20)22-12-4-3-10(6-11(8)12)21-7-13(19)16-15-18-17-9(2)23-15/h3-6H,7H2,1-2H3,(H,16,18,19). The number of anilines is 1. The third kappa shape index (κ3) is 3.54. The fourth-order valence-electron chi connectivity index (χ4n) is 2.04. The van der Waals surface area contributed by atoms with Gasteiger partial charge in [0, 0.05) is 11.5 Å². The molecule has 0 spiro atoms. The molecule has 3 rings (SSSR count). The summed E-state index contributed by atoms with van der Waals surface area (Å²) >= 11 is 1.29. The molecule has 0 bridgehead atoms. The second kappa shape index (κ2) is 6.17. The first kappa shape index (κ1) is 15.2. The van der Waals surface area contributed by atoms with Crippen molar-refractivity contribution in [1.82, 2.24) is 10.2 Å². The van der Waals surface area contributed by atoms with Crippen molar-refractivity contribution in [3.05, 3.63) is 45.3 Å². The molecule has 7 nitrogen and oxygen atoms in total. The van der Waals surface area contributed by atoms with Crippen LogP contribution in [-0.4, -0.2) is 22.7 Å². The molecule has 1 N–H and O–H groups in total. The summed E-state index contributed by atoms with van der Waals surface area (Å²) in [6.45, 7) is 3.47. The van der Waals surface area contributed by atoms with Crippen LogP contribution in [0, 0.1) is 13.8 Å². The Balaban J connectivity index is 1.69. The number of carbonyl (C=O) groups excluding carboxylic acids is 1. The van der Waals surface area contributed by atoms with Crippen LogP contribution in [0.3, 0.4) is 0 Å². The zero-order chi connectivity index (χ0) is 16.4. The molecule has 8 heteroatoms. The minimum Gasteiger partial charge on any atom is -0.484 e. The van der Waals surface area contributed by atoms with E-state index >= 15 is 0 Å². The van der Waals surface area contributed by atoms with Gasteiger partial charge in [0.2, 0.25) is 5.13 Å². The minimum atomic E-state index is -0.393. The van der Waals surface area contributed by atoms with Gasteiger partial charge in [-0.25, -0.2) is 4.79 Å². The minimum absolute atomic E-state index is 0.153. The summed E-state index contributed by atoms with van der Waals surface area (Å²) in [7, 11) is 0. The molecule has 0 unspecified atom stereocenters. The number of nitrogens with zero attached hydrogens (tertiary/aromatic N) is 2. The molecule has 118 valence electrons. The van der Waals surface area contributed by atoms with Crippen LogP contribution in [0.25, 0.3) is 11.0 Å². The molecule has 2 aromatic heterocycles. The molecule has 2 heterocycles. The second-order valence-electron chi connectivity index (χ2n) is 4.87. The Morgan fingerprint density at radius 3 is 2.87 bits per heavy atom. The van der Waals surface area contributed by atoms with Crippen LogP contribution in [0.15, 0.2) is 33.5 Å². The van der Waals surface area contributed by atoms with Crippen LogP contribution in [0.5, 0.6) is 5.75 Å². The number of aromatic nitrogens is 2. The Morgan fingerprint density at radius 2 is 2.13 bits per heavy atom. The third-order valence-electron chi connectivity index (χ3n) is 3.06. The third-order valence-corrected chi connectivity index (χ3v) is 3.82. The topological polar surface area (TPSA) is 94.3 Å². The van der Waals surface area contributed by atoms with Crippen molar-refractivity contribution >= 4 is 33.3 Å². The SMILES string of the molecule is Cc1nnc(NC(=O)COc2ccc3oc(=O)cc(C)c3c2)s1. The maximum atomic E-state index is 11.8. The summed E-state index contributed by atoms with van der Waals surface area (Å²) < 4.78 is 10.6. The van der Waals surface area contributed by atoms with Crippen molar-refractivity contribution in [2.45, 2.75) is 13.8 Å². The van der Waals surface area contributed by atoms with E-state index in [0.29, 0.717) is 16.5 Å². The predicted octanol–water partition coefficient (Wildman–Crippen LogP) is 2.28. The van der Waals surface area contributed by atoms with Gasteiger partial charge in [0.05, 0.1) is 0 Å². The van der Waals surface area contributed by atoms with Crippen LogP contribution in [0.4, 0.5) is 5.13 Å². The smallest absolute Gasteiger partial charge is 0.336 e. The summed E-state index contributed by atoms with van der Waals surface area (Å²) in [6, 6.07) is 6.44. The Labute approximate surface area is 134 Å². The van der Waals surface area contributed by atoms with Crippen LogP contribution in [0.2, 0.25) is 0 Å². The van der Waals surface area contributed by atoms with Crippen molar-refractivity contribution in [2.75, 3.05) is 11.9 Å². The number of amides is 1. The molecule has 0 saturated heterocycles. The zero-order valence-corrected chi connectivity index (χ0v) is 13.3. The number of rotatable bonds is 4. The van der Waals surface area contributed by atoms with E-state index in [2.05, 4.69) is 15.5 Å². The van der Waals surface area contributed by atoms with Gasteiger partial charge in [-0.2, -0.15) is 0 Å². The highest BCUT2D eigenvalue weighted by molar-refractivity contribution is 7.15. The van der Waals surface area contributed by atoms with Crippen LogP contribution >= 0.6 is 11.3 Å². The van der Waals surface area contributed by atoms with E-state index in [0.717, 1.165) is 16.0 Å². The van der Waals surface area contributed by atoms with Crippen LogP contribution in [0.1, 0.15) is 10.6 Å². The number of carbonyl (C=O) groups is 1. The number of hydrogen-bond acceptors (Lipinski definition) is 7. The molecule has 3 aromatic rings. The zero-order valence-electron chi connectivity index (χ0n) is 12.5. The van der Waals surface area contributed by atoms with Crippen LogP contribution < -0.4 is 15.7 Å². The van der Waals surface area contributed by atoms with E-state index in [9.17, 15) is 9.59 Å². The monoisotopic (exact) mass is 331 g/mol. The molecule has 23 heavy (non-hydrogen) atoms. The van der Waals surface area contributed by atoms with Gasteiger partial charge in [-0.3, -0.25) is 10.1 Å². The van der Waals surface area contributed by atoms with Gasteiger partial charge in [-0.15, -0.1) is 10.2 Å². The van der Waals surface area contributed by atoms with E-state index in [-0.39, 0.29) is 12.5 Å². The fraction of sp³-hybridized carbons (Fsp3) is 0.200. The largest absolute Gasteiger partial charge is 0.484 e. The Morgan fingerprint density at radius 1 is 1.30 bits per heavy atom. The van der Waals surface area contributed by atoms with E-state index in [4.69, 9.17) is 9.15 Å². The first-order chi connectivity index (χ1) is 11.0. The van der Waals surface area contributed by atoms with Gasteiger partial charge in [0.1, 0.15) is 16.3 Å². The van der Waals surface area contributed by atoms with Gasteiger partial charge in [0.25, 0.3) is 5.91 Å². The maximum absolute atomic E-state index is 11.8. The second-order valence-corrected chi connectivity index (χ2v) is 6.05. The Kier molecular flexibility index (Phi) is 4.07. The summed E-state index contributed by atoms with van der Waals surface area (Å²) in [4.78, 5) is 23.1. The van der Waals surface area contributed by atoms with Gasteiger partial charge >= 0.3 is 5.63 Å². The van der Waals surface area contributed by atoms with Gasteiger partial charge in [-0.05, 0) is 37.6 Å². The highest BCUT2D eigenvalue weighted by Crippen LogP contribution is 2.22. The average molecular weight is 331 g/mol.